The fraction of sp³-hybridized carbons (Fsp3) is 0.778. The van der Waals surface area contributed by atoms with Crippen LogP contribution in [0.1, 0.15) is 0 Å². The van der Waals surface area contributed by atoms with Crippen LogP contribution in [0.4, 0.5) is 74.6 Å². The van der Waals surface area contributed by atoms with Gasteiger partial charge in [0.1, 0.15) is 0 Å². The highest BCUT2D eigenvalue weighted by Gasteiger charge is 2.92. The fourth-order valence-electron chi connectivity index (χ4n) is 1.34. The number of ether oxygens (including phenoxy) is 1. The van der Waals surface area contributed by atoms with Crippen LogP contribution in [0.3, 0.4) is 0 Å². The molecule has 0 aromatic carbocycles. The number of alkyl halides is 15. The first kappa shape index (κ1) is 29.3. The summed E-state index contributed by atoms with van der Waals surface area (Å²) in [6.45, 7) is 0. The van der Waals surface area contributed by atoms with E-state index in [1.807, 2.05) is 0 Å². The second-order valence-electron chi connectivity index (χ2n) is 5.00. The molecule has 0 saturated carbocycles. The molecule has 22 heteroatoms. The maximum atomic E-state index is 13.2. The van der Waals surface area contributed by atoms with Crippen molar-refractivity contribution in [2.45, 2.75) is 41.2 Å². The molecule has 31 heavy (non-hydrogen) atoms. The van der Waals surface area contributed by atoms with Crippen molar-refractivity contribution in [3.63, 3.8) is 0 Å². The summed E-state index contributed by atoms with van der Waals surface area (Å²) in [5.41, 5.74) is 0. The second-order valence-corrected chi connectivity index (χ2v) is 6.46. The predicted octanol–water partition coefficient (Wildman–Crippen LogP) is 5.29. The maximum Gasteiger partial charge on any atom is 0.574 e. The summed E-state index contributed by atoms with van der Waals surface area (Å²) in [7, 11) is -7.85. The lowest BCUT2D eigenvalue weighted by Crippen LogP contribution is -2.71. The monoisotopic (exact) mass is 528 g/mol. The molecule has 0 radical (unpaired) electrons. The number of hydrogen-bond acceptors (Lipinski definition) is 3. The molecule has 0 aromatic heterocycles. The van der Waals surface area contributed by atoms with E-state index in [0.29, 0.717) is 0 Å². The van der Waals surface area contributed by atoms with Crippen molar-refractivity contribution in [3.8, 4) is 0 Å². The van der Waals surface area contributed by atoms with Crippen LogP contribution < -0.4 is 0 Å². The van der Waals surface area contributed by atoms with Crippen molar-refractivity contribution >= 4 is 10.1 Å². The van der Waals surface area contributed by atoms with Gasteiger partial charge in [-0.3, -0.25) is 4.55 Å². The molecule has 0 aromatic rings. The second kappa shape index (κ2) is 7.40. The molecular formula is C9HF17O4S. The van der Waals surface area contributed by atoms with Crippen molar-refractivity contribution in [1.82, 2.24) is 0 Å². The lowest BCUT2D eigenvalue weighted by molar-refractivity contribution is -0.414. The smallest absolute Gasteiger partial charge is 0.376 e. The van der Waals surface area contributed by atoms with Gasteiger partial charge in [-0.25, -0.2) is 0 Å². The summed E-state index contributed by atoms with van der Waals surface area (Å²) in [6, 6.07) is -4.51. The first-order chi connectivity index (χ1) is 13.0. The quantitative estimate of drug-likeness (QED) is 0.265. The Morgan fingerprint density at radius 1 is 0.613 bits per heavy atom. The van der Waals surface area contributed by atoms with Crippen LogP contribution in [0, 0.1) is 0 Å². The van der Waals surface area contributed by atoms with Crippen molar-refractivity contribution in [2.24, 2.45) is 0 Å². The molecule has 0 aliphatic carbocycles. The Morgan fingerprint density at radius 3 is 1.23 bits per heavy atom. The van der Waals surface area contributed by atoms with Crippen LogP contribution in [-0.2, 0) is 14.9 Å². The summed E-state index contributed by atoms with van der Waals surface area (Å²) in [5.74, 6) is -47.1. The van der Waals surface area contributed by atoms with Gasteiger partial charge in [0.05, 0.1) is 0 Å². The summed E-state index contributed by atoms with van der Waals surface area (Å²) < 4.78 is 246. The van der Waals surface area contributed by atoms with Gasteiger partial charge in [0, 0.05) is 0 Å². The molecule has 0 saturated heterocycles. The molecule has 0 unspecified atom stereocenters. The average molecular weight is 528 g/mol. The average Bonchev–Trinajstić information content (AvgIpc) is 2.50. The normalized spacial score (nSPS) is 16.8. The summed E-state index contributed by atoms with van der Waals surface area (Å²) in [5, 5.41) is -7.78. The third-order valence-corrected chi connectivity index (χ3v) is 3.82. The van der Waals surface area contributed by atoms with Crippen LogP contribution in [0.2, 0.25) is 0 Å². The molecule has 1 N–H and O–H groups in total. The predicted molar refractivity (Wildman–Crippen MR) is 57.6 cm³/mol. The van der Waals surface area contributed by atoms with E-state index >= 15 is 0 Å². The standard InChI is InChI=1S/C9HF17O4S/c10-1(2(11)30-9(24,25)26)3(12,13)4(14,15)5(16,17)6(18,19)7(20,21)8(22,23)31(27,28)29/h(H,27,28,29)/b2-1-. The van der Waals surface area contributed by atoms with E-state index in [0.717, 1.165) is 0 Å². The van der Waals surface area contributed by atoms with Gasteiger partial charge in [-0.15, -0.1) is 13.2 Å². The summed E-state index contributed by atoms with van der Waals surface area (Å²) >= 11 is 0. The minimum atomic E-state index is -8.67. The molecule has 0 spiro atoms. The van der Waals surface area contributed by atoms with Crippen molar-refractivity contribution in [3.05, 3.63) is 11.8 Å². The number of rotatable bonds is 8. The van der Waals surface area contributed by atoms with E-state index < -0.39 is 63.2 Å². The van der Waals surface area contributed by atoms with Gasteiger partial charge in [0.25, 0.3) is 0 Å². The lowest BCUT2D eigenvalue weighted by atomic mass is 9.94. The SMILES string of the molecule is O=S(=O)(O)C(F)(F)C(F)(F)C(F)(F)C(F)(F)C(F)(F)C(F)(F)/C(F)=C(\F)OC(F)(F)F. The number of hydrogen-bond donors (Lipinski definition) is 1. The third-order valence-electron chi connectivity index (χ3n) is 2.92. The number of allylic oxidation sites excluding steroid dienone is 1. The Hall–Kier alpha value is -1.74. The lowest BCUT2D eigenvalue weighted by Gasteiger charge is -2.40. The highest BCUT2D eigenvalue weighted by atomic mass is 32.2. The molecule has 0 rings (SSSR count). The zero-order valence-corrected chi connectivity index (χ0v) is 13.8. The molecule has 0 atom stereocenters. The van der Waals surface area contributed by atoms with E-state index in [1.54, 1.807) is 4.74 Å². The van der Waals surface area contributed by atoms with Gasteiger partial charge in [-0.1, -0.05) is 0 Å². The van der Waals surface area contributed by atoms with Crippen LogP contribution in [0.15, 0.2) is 11.8 Å². The molecule has 0 bridgehead atoms. The molecule has 0 heterocycles. The van der Waals surface area contributed by atoms with Gasteiger partial charge in [0.2, 0.25) is 5.83 Å². The highest BCUT2D eigenvalue weighted by Crippen LogP contribution is 2.62. The molecule has 4 nitrogen and oxygen atoms in total. The molecule has 0 fully saturated rings. The van der Waals surface area contributed by atoms with E-state index in [9.17, 15) is 83.1 Å². The largest absolute Gasteiger partial charge is 0.574 e. The fourth-order valence-corrected chi connectivity index (χ4v) is 1.80. The maximum absolute atomic E-state index is 13.2. The topological polar surface area (TPSA) is 63.6 Å². The highest BCUT2D eigenvalue weighted by molar-refractivity contribution is 7.87. The third kappa shape index (κ3) is 4.31. The first-order valence-corrected chi connectivity index (χ1v) is 7.53. The van der Waals surface area contributed by atoms with E-state index in [1.165, 1.54) is 0 Å². The van der Waals surface area contributed by atoms with E-state index in [4.69, 9.17) is 4.55 Å². The van der Waals surface area contributed by atoms with Crippen LogP contribution in [0.5, 0.6) is 0 Å². The zero-order valence-electron chi connectivity index (χ0n) is 13.0. The van der Waals surface area contributed by atoms with Crippen LogP contribution in [-0.4, -0.2) is 54.2 Å². The van der Waals surface area contributed by atoms with Crippen molar-refractivity contribution in [1.29, 1.82) is 0 Å². The Labute approximate surface area is 157 Å². The Balaban J connectivity index is 6.80. The van der Waals surface area contributed by atoms with Crippen LogP contribution >= 0.6 is 0 Å². The van der Waals surface area contributed by atoms with Gasteiger partial charge < -0.3 is 4.74 Å². The first-order valence-electron chi connectivity index (χ1n) is 6.09. The van der Waals surface area contributed by atoms with Crippen molar-refractivity contribution in [2.75, 3.05) is 0 Å². The summed E-state index contributed by atoms with van der Waals surface area (Å²) in [4.78, 5) is 0. The molecule has 0 aliphatic rings. The van der Waals surface area contributed by atoms with Crippen molar-refractivity contribution < 1.29 is 92.3 Å². The van der Waals surface area contributed by atoms with Gasteiger partial charge in [-0.2, -0.15) is 69.9 Å². The Kier molecular flexibility index (Phi) is 6.99. The molecular weight excluding hydrogens is 527 g/mol. The van der Waals surface area contributed by atoms with Gasteiger partial charge in [0.15, 0.2) is 0 Å². The number of halogens is 17. The molecule has 186 valence electrons. The van der Waals surface area contributed by atoms with Crippen LogP contribution in [0.25, 0.3) is 0 Å². The van der Waals surface area contributed by atoms with E-state index in [2.05, 4.69) is 0 Å². The van der Waals surface area contributed by atoms with E-state index in [-0.39, 0.29) is 0 Å². The molecule has 0 aliphatic heterocycles. The summed E-state index contributed by atoms with van der Waals surface area (Å²) in [6.07, 6.45) is -6.52. The van der Waals surface area contributed by atoms with Gasteiger partial charge >= 0.3 is 57.4 Å². The minimum absolute atomic E-state index is 1.66. The molecule has 0 amide bonds. The Morgan fingerprint density at radius 2 is 0.935 bits per heavy atom. The zero-order chi connectivity index (χ0) is 25.9. The minimum Gasteiger partial charge on any atom is -0.376 e. The Bertz CT molecular complexity index is 823. The van der Waals surface area contributed by atoms with Gasteiger partial charge in [-0.05, 0) is 0 Å².